The van der Waals surface area contributed by atoms with Crippen LogP contribution in [0.5, 0.6) is 5.75 Å². The van der Waals surface area contributed by atoms with Gasteiger partial charge in [-0.2, -0.15) is 0 Å². The van der Waals surface area contributed by atoms with Gasteiger partial charge in [-0.3, -0.25) is 4.79 Å². The second-order valence-electron chi connectivity index (χ2n) is 5.93. The summed E-state index contributed by atoms with van der Waals surface area (Å²) >= 11 is 5.82. The highest BCUT2D eigenvalue weighted by atomic mass is 35.5. The summed E-state index contributed by atoms with van der Waals surface area (Å²) in [5.41, 5.74) is -0.109. The third-order valence-corrected chi connectivity index (χ3v) is 3.13. The summed E-state index contributed by atoms with van der Waals surface area (Å²) in [5.74, 6) is 0.475. The molecule has 0 radical (unpaired) electrons. The lowest BCUT2D eigenvalue weighted by molar-refractivity contribution is -0.0222. The van der Waals surface area contributed by atoms with E-state index in [2.05, 4.69) is 0 Å². The highest BCUT2D eigenvalue weighted by Crippen LogP contribution is 2.25. The second-order valence-corrected chi connectivity index (χ2v) is 6.36. The topological polar surface area (TPSA) is 55.8 Å². The van der Waals surface area contributed by atoms with Crippen molar-refractivity contribution in [1.29, 1.82) is 0 Å². The van der Waals surface area contributed by atoms with E-state index in [0.29, 0.717) is 35.7 Å². The number of halogens is 1. The fourth-order valence-corrected chi connectivity index (χ4v) is 2.07. The SMILES string of the molecule is CC(C)(C)OC(=O)N1CC(Oc2ccc(Cl)cc2C=O)C1. The number of aldehydes is 1. The Kier molecular flexibility index (Phi) is 4.42. The summed E-state index contributed by atoms with van der Waals surface area (Å²) < 4.78 is 11.0. The Balaban J connectivity index is 1.89. The van der Waals surface area contributed by atoms with Gasteiger partial charge in [0.2, 0.25) is 0 Å². The zero-order chi connectivity index (χ0) is 15.6. The molecule has 1 aliphatic heterocycles. The Bertz CT molecular complexity index is 547. The van der Waals surface area contributed by atoms with E-state index in [4.69, 9.17) is 21.1 Å². The predicted octanol–water partition coefficient (Wildman–Crippen LogP) is 3.15. The molecule has 2 rings (SSSR count). The number of carbonyl (C=O) groups is 2. The first kappa shape index (κ1) is 15.6. The van der Waals surface area contributed by atoms with Crippen LogP contribution in [0.2, 0.25) is 5.02 Å². The average molecular weight is 312 g/mol. The molecule has 5 nitrogen and oxygen atoms in total. The van der Waals surface area contributed by atoms with Gasteiger partial charge in [-0.1, -0.05) is 11.6 Å². The quantitative estimate of drug-likeness (QED) is 0.805. The first-order chi connectivity index (χ1) is 9.78. The minimum atomic E-state index is -0.510. The number of hydrogen-bond donors (Lipinski definition) is 0. The van der Waals surface area contributed by atoms with Crippen molar-refractivity contribution < 1.29 is 19.1 Å². The van der Waals surface area contributed by atoms with E-state index in [9.17, 15) is 9.59 Å². The van der Waals surface area contributed by atoms with Crippen LogP contribution in [0.4, 0.5) is 4.79 Å². The number of carbonyl (C=O) groups excluding carboxylic acids is 2. The summed E-state index contributed by atoms with van der Waals surface area (Å²) in [6.07, 6.45) is 0.206. The number of hydrogen-bond acceptors (Lipinski definition) is 4. The Morgan fingerprint density at radius 1 is 1.38 bits per heavy atom. The van der Waals surface area contributed by atoms with Crippen molar-refractivity contribution in [3.8, 4) is 5.75 Å². The van der Waals surface area contributed by atoms with Crippen LogP contribution in [-0.4, -0.2) is 42.1 Å². The zero-order valence-electron chi connectivity index (χ0n) is 12.3. The normalized spacial score (nSPS) is 15.3. The van der Waals surface area contributed by atoms with Crippen molar-refractivity contribution in [3.05, 3.63) is 28.8 Å². The smallest absolute Gasteiger partial charge is 0.410 e. The maximum atomic E-state index is 11.8. The van der Waals surface area contributed by atoms with Gasteiger partial charge in [0.25, 0.3) is 0 Å². The first-order valence-corrected chi connectivity index (χ1v) is 7.05. The molecule has 0 aliphatic carbocycles. The first-order valence-electron chi connectivity index (χ1n) is 6.68. The van der Waals surface area contributed by atoms with Crippen LogP contribution in [0.3, 0.4) is 0 Å². The molecule has 1 saturated heterocycles. The monoisotopic (exact) mass is 311 g/mol. The number of likely N-dealkylation sites (tertiary alicyclic amines) is 1. The van der Waals surface area contributed by atoms with Gasteiger partial charge in [0, 0.05) is 5.02 Å². The Morgan fingerprint density at radius 2 is 2.05 bits per heavy atom. The summed E-state index contributed by atoms with van der Waals surface area (Å²) in [4.78, 5) is 24.3. The van der Waals surface area contributed by atoms with E-state index in [-0.39, 0.29) is 12.2 Å². The van der Waals surface area contributed by atoms with Gasteiger partial charge in [0.05, 0.1) is 18.7 Å². The standard InChI is InChI=1S/C15H18ClNO4/c1-15(2,3)21-14(19)17-7-12(8-17)20-13-5-4-11(16)6-10(13)9-18/h4-6,9,12H,7-8H2,1-3H3. The lowest BCUT2D eigenvalue weighted by Crippen LogP contribution is -2.57. The summed E-state index contributed by atoms with van der Waals surface area (Å²) in [7, 11) is 0. The summed E-state index contributed by atoms with van der Waals surface area (Å²) in [6.45, 7) is 6.35. The molecule has 6 heteroatoms. The largest absolute Gasteiger partial charge is 0.486 e. The fraction of sp³-hybridized carbons (Fsp3) is 0.467. The highest BCUT2D eigenvalue weighted by Gasteiger charge is 2.35. The maximum Gasteiger partial charge on any atom is 0.410 e. The van der Waals surface area contributed by atoms with Crippen LogP contribution in [0.25, 0.3) is 0 Å². The van der Waals surface area contributed by atoms with Gasteiger partial charge in [0.15, 0.2) is 6.29 Å². The number of ether oxygens (including phenoxy) is 2. The van der Waals surface area contributed by atoms with Crippen molar-refractivity contribution in [2.45, 2.75) is 32.5 Å². The van der Waals surface area contributed by atoms with Crippen LogP contribution in [0, 0.1) is 0 Å². The van der Waals surface area contributed by atoms with Crippen molar-refractivity contribution >= 4 is 24.0 Å². The predicted molar refractivity (Wildman–Crippen MR) is 79.1 cm³/mol. The van der Waals surface area contributed by atoms with E-state index >= 15 is 0 Å². The van der Waals surface area contributed by atoms with Gasteiger partial charge < -0.3 is 14.4 Å². The summed E-state index contributed by atoms with van der Waals surface area (Å²) in [6, 6.07) is 4.87. The third-order valence-electron chi connectivity index (χ3n) is 2.89. The molecule has 1 heterocycles. The van der Waals surface area contributed by atoms with Crippen LogP contribution in [-0.2, 0) is 4.74 Å². The van der Waals surface area contributed by atoms with Gasteiger partial charge in [-0.25, -0.2) is 4.79 Å². The molecule has 114 valence electrons. The second kappa shape index (κ2) is 5.93. The van der Waals surface area contributed by atoms with E-state index < -0.39 is 5.60 Å². The molecule has 0 bridgehead atoms. The van der Waals surface area contributed by atoms with Crippen LogP contribution in [0.15, 0.2) is 18.2 Å². The Labute approximate surface area is 128 Å². The molecule has 1 aromatic rings. The van der Waals surface area contributed by atoms with Crippen molar-refractivity contribution in [2.75, 3.05) is 13.1 Å². The van der Waals surface area contributed by atoms with E-state index in [1.54, 1.807) is 23.1 Å². The number of amides is 1. The van der Waals surface area contributed by atoms with Crippen LogP contribution in [0.1, 0.15) is 31.1 Å². The molecule has 0 aromatic heterocycles. The number of benzene rings is 1. The van der Waals surface area contributed by atoms with Gasteiger partial charge in [-0.05, 0) is 39.0 Å². The lowest BCUT2D eigenvalue weighted by Gasteiger charge is -2.39. The van der Waals surface area contributed by atoms with E-state index in [0.717, 1.165) is 0 Å². The molecule has 1 aliphatic rings. The number of nitrogens with zero attached hydrogens (tertiary/aromatic N) is 1. The van der Waals surface area contributed by atoms with Crippen LogP contribution < -0.4 is 4.74 Å². The fourth-order valence-electron chi connectivity index (χ4n) is 1.89. The molecule has 0 N–H and O–H groups in total. The van der Waals surface area contributed by atoms with E-state index in [1.807, 2.05) is 20.8 Å². The van der Waals surface area contributed by atoms with Crippen LogP contribution >= 0.6 is 11.6 Å². The number of rotatable bonds is 3. The van der Waals surface area contributed by atoms with Crippen molar-refractivity contribution in [3.63, 3.8) is 0 Å². The highest BCUT2D eigenvalue weighted by molar-refractivity contribution is 6.30. The third kappa shape index (κ3) is 4.11. The average Bonchev–Trinajstić information content (AvgIpc) is 2.32. The molecule has 1 amide bonds. The molecule has 0 saturated carbocycles. The molecule has 0 atom stereocenters. The van der Waals surface area contributed by atoms with Gasteiger partial charge >= 0.3 is 6.09 Å². The van der Waals surface area contributed by atoms with Gasteiger partial charge in [-0.15, -0.1) is 0 Å². The molecule has 0 spiro atoms. The zero-order valence-corrected chi connectivity index (χ0v) is 13.0. The van der Waals surface area contributed by atoms with Crippen molar-refractivity contribution in [1.82, 2.24) is 4.90 Å². The molecule has 0 unspecified atom stereocenters. The lowest BCUT2D eigenvalue weighted by atomic mass is 10.1. The van der Waals surface area contributed by atoms with Crippen molar-refractivity contribution in [2.24, 2.45) is 0 Å². The Morgan fingerprint density at radius 3 is 2.62 bits per heavy atom. The molecule has 1 fully saturated rings. The minimum Gasteiger partial charge on any atom is -0.486 e. The Hall–Kier alpha value is -1.75. The van der Waals surface area contributed by atoms with E-state index in [1.165, 1.54) is 0 Å². The van der Waals surface area contributed by atoms with Gasteiger partial charge in [0.1, 0.15) is 17.5 Å². The maximum absolute atomic E-state index is 11.8. The minimum absolute atomic E-state index is 0.141. The molecule has 21 heavy (non-hydrogen) atoms. The molecular weight excluding hydrogens is 294 g/mol. The molecule has 1 aromatic carbocycles. The molecular formula is C15H18ClNO4. The summed E-state index contributed by atoms with van der Waals surface area (Å²) in [5, 5.41) is 0.480.